The summed E-state index contributed by atoms with van der Waals surface area (Å²) >= 11 is 0. The van der Waals surface area contributed by atoms with Gasteiger partial charge in [0, 0.05) is 23.9 Å². The summed E-state index contributed by atoms with van der Waals surface area (Å²) in [6.45, 7) is -0.0344. The third-order valence-corrected chi connectivity index (χ3v) is 4.03. The fourth-order valence-electron chi connectivity index (χ4n) is 2.81. The maximum Gasteiger partial charge on any atom is 0.277 e. The first-order valence-corrected chi connectivity index (χ1v) is 8.35. The molecule has 0 fully saturated rings. The van der Waals surface area contributed by atoms with Gasteiger partial charge in [0.2, 0.25) is 5.91 Å². The van der Waals surface area contributed by atoms with E-state index in [1.807, 2.05) is 0 Å². The van der Waals surface area contributed by atoms with Crippen LogP contribution in [0.3, 0.4) is 0 Å². The van der Waals surface area contributed by atoms with Crippen molar-refractivity contribution in [2.75, 3.05) is 26.6 Å². The minimum atomic E-state index is -0.423. The van der Waals surface area contributed by atoms with Crippen LogP contribution in [0.15, 0.2) is 42.7 Å². The first-order chi connectivity index (χ1) is 13.5. The van der Waals surface area contributed by atoms with Gasteiger partial charge in [0.25, 0.3) is 5.91 Å². The minimum Gasteiger partial charge on any atom is -0.497 e. The smallest absolute Gasteiger partial charge is 0.277 e. The van der Waals surface area contributed by atoms with Crippen molar-refractivity contribution in [3.8, 4) is 11.5 Å². The molecule has 9 nitrogen and oxygen atoms in total. The van der Waals surface area contributed by atoms with E-state index in [1.54, 1.807) is 41.0 Å². The zero-order valence-electron chi connectivity index (χ0n) is 15.7. The number of imidazole rings is 1. The Morgan fingerprint density at radius 2 is 1.79 bits per heavy atom. The van der Waals surface area contributed by atoms with E-state index in [4.69, 9.17) is 14.3 Å². The second kappa shape index (κ2) is 8.40. The summed E-state index contributed by atoms with van der Waals surface area (Å²) in [5, 5.41) is 2.80. The van der Waals surface area contributed by atoms with Crippen molar-refractivity contribution in [2.24, 2.45) is 0 Å². The lowest BCUT2D eigenvalue weighted by Crippen LogP contribution is -2.23. The summed E-state index contributed by atoms with van der Waals surface area (Å²) in [5.74, 6) is 0.395. The molecule has 2 amide bonds. The first-order valence-electron chi connectivity index (χ1n) is 8.35. The Bertz CT molecular complexity index is 992. The number of methoxy groups -OCH3 is 2. The van der Waals surface area contributed by atoms with Crippen molar-refractivity contribution in [1.82, 2.24) is 15.0 Å². The molecule has 146 valence electrons. The number of anilines is 1. The number of hydrogen-bond donors (Lipinski definition) is 2. The molecule has 1 heterocycles. The zero-order valence-corrected chi connectivity index (χ0v) is 15.7. The molecule has 1 aromatic heterocycles. The van der Waals surface area contributed by atoms with Crippen LogP contribution in [0.5, 0.6) is 11.5 Å². The quantitative estimate of drug-likeness (QED) is 0.604. The second-order valence-corrected chi connectivity index (χ2v) is 5.83. The van der Waals surface area contributed by atoms with Gasteiger partial charge in [-0.05, 0) is 12.1 Å². The molecule has 0 atom stereocenters. The number of hydroxylamine groups is 1. The number of nitrogens with one attached hydrogen (secondary N) is 2. The average Bonchev–Trinajstić information content (AvgIpc) is 3.10. The van der Waals surface area contributed by atoms with Gasteiger partial charge in [-0.1, -0.05) is 6.07 Å². The van der Waals surface area contributed by atoms with Crippen molar-refractivity contribution >= 4 is 28.5 Å². The Morgan fingerprint density at radius 1 is 1.07 bits per heavy atom. The third-order valence-electron chi connectivity index (χ3n) is 4.03. The molecule has 28 heavy (non-hydrogen) atoms. The number of fused-ring (bicyclic) bond motifs is 1. The summed E-state index contributed by atoms with van der Waals surface area (Å²) in [7, 11) is 4.42. The van der Waals surface area contributed by atoms with Crippen molar-refractivity contribution < 1.29 is 23.9 Å². The summed E-state index contributed by atoms with van der Waals surface area (Å²) in [5.41, 5.74) is 4.30. The minimum absolute atomic E-state index is 0.0344. The van der Waals surface area contributed by atoms with E-state index < -0.39 is 5.91 Å². The molecule has 2 N–H and O–H groups in total. The molecular weight excluding hydrogens is 364 g/mol. The average molecular weight is 384 g/mol. The topological polar surface area (TPSA) is 104 Å². The molecule has 0 saturated heterocycles. The van der Waals surface area contributed by atoms with Crippen LogP contribution < -0.4 is 20.3 Å². The van der Waals surface area contributed by atoms with E-state index in [-0.39, 0.29) is 12.5 Å². The second-order valence-electron chi connectivity index (χ2n) is 5.83. The van der Waals surface area contributed by atoms with Gasteiger partial charge in [-0.25, -0.2) is 10.5 Å². The Hall–Kier alpha value is -3.59. The predicted molar refractivity (Wildman–Crippen MR) is 102 cm³/mol. The predicted octanol–water partition coefficient (Wildman–Crippen LogP) is 1.98. The van der Waals surface area contributed by atoms with E-state index in [0.717, 1.165) is 0 Å². The molecule has 0 aliphatic rings. The maximum absolute atomic E-state index is 12.6. The fraction of sp³-hybridized carbons (Fsp3) is 0.211. The first kappa shape index (κ1) is 19.2. The Labute approximate surface area is 161 Å². The van der Waals surface area contributed by atoms with Crippen LogP contribution in [0, 0.1) is 0 Å². The Kier molecular flexibility index (Phi) is 5.75. The van der Waals surface area contributed by atoms with E-state index in [1.165, 1.54) is 27.7 Å². The monoisotopic (exact) mass is 384 g/mol. The van der Waals surface area contributed by atoms with E-state index in [0.29, 0.717) is 33.8 Å². The van der Waals surface area contributed by atoms with Crippen LogP contribution in [0.4, 0.5) is 5.69 Å². The number of carbonyl (C=O) groups excluding carboxylic acids is 2. The molecule has 0 unspecified atom stereocenters. The third kappa shape index (κ3) is 4.04. The largest absolute Gasteiger partial charge is 0.497 e. The van der Waals surface area contributed by atoms with Gasteiger partial charge in [-0.15, -0.1) is 0 Å². The molecular formula is C19H20N4O5. The van der Waals surface area contributed by atoms with Gasteiger partial charge >= 0.3 is 0 Å². The highest BCUT2D eigenvalue weighted by Crippen LogP contribution is 2.26. The molecule has 0 saturated carbocycles. The van der Waals surface area contributed by atoms with Crippen molar-refractivity contribution in [3.05, 3.63) is 48.3 Å². The SMILES string of the molecule is CONC(=O)c1cccc2ncn(CC(=O)Nc3cc(OC)cc(OC)c3)c12. The van der Waals surface area contributed by atoms with Crippen LogP contribution in [-0.4, -0.2) is 42.7 Å². The molecule has 0 radical (unpaired) electrons. The number of carbonyl (C=O) groups is 2. The summed E-state index contributed by atoms with van der Waals surface area (Å²) < 4.78 is 12.0. The summed E-state index contributed by atoms with van der Waals surface area (Å²) in [6.07, 6.45) is 1.51. The molecule has 3 rings (SSSR count). The van der Waals surface area contributed by atoms with Crippen LogP contribution in [0.2, 0.25) is 0 Å². The lowest BCUT2D eigenvalue weighted by molar-refractivity contribution is -0.116. The highest BCUT2D eigenvalue weighted by Gasteiger charge is 2.16. The number of hydrogen-bond acceptors (Lipinski definition) is 6. The highest BCUT2D eigenvalue weighted by molar-refractivity contribution is 6.05. The number of rotatable bonds is 7. The van der Waals surface area contributed by atoms with Crippen LogP contribution >= 0.6 is 0 Å². The zero-order chi connectivity index (χ0) is 20.1. The van der Waals surface area contributed by atoms with Gasteiger partial charge in [0.05, 0.1) is 44.3 Å². The number of para-hydroxylation sites is 1. The molecule has 0 spiro atoms. The van der Waals surface area contributed by atoms with Crippen LogP contribution in [0.25, 0.3) is 11.0 Å². The van der Waals surface area contributed by atoms with Crippen LogP contribution in [-0.2, 0) is 16.2 Å². The van der Waals surface area contributed by atoms with Crippen LogP contribution in [0.1, 0.15) is 10.4 Å². The number of aromatic nitrogens is 2. The molecule has 0 bridgehead atoms. The Balaban J connectivity index is 1.85. The number of nitrogens with zero attached hydrogens (tertiary/aromatic N) is 2. The van der Waals surface area contributed by atoms with Crippen molar-refractivity contribution in [2.45, 2.75) is 6.54 Å². The highest BCUT2D eigenvalue weighted by atomic mass is 16.6. The molecule has 0 aliphatic carbocycles. The van der Waals surface area contributed by atoms with Crippen molar-refractivity contribution in [3.63, 3.8) is 0 Å². The molecule has 3 aromatic rings. The summed E-state index contributed by atoms with van der Waals surface area (Å²) in [4.78, 5) is 33.7. The van der Waals surface area contributed by atoms with Gasteiger partial charge < -0.3 is 19.4 Å². The normalized spacial score (nSPS) is 10.5. The number of ether oxygens (including phenoxy) is 2. The van der Waals surface area contributed by atoms with Gasteiger partial charge in [0.15, 0.2) is 0 Å². The number of amides is 2. The van der Waals surface area contributed by atoms with E-state index in [2.05, 4.69) is 15.8 Å². The van der Waals surface area contributed by atoms with Gasteiger partial charge in [-0.2, -0.15) is 0 Å². The van der Waals surface area contributed by atoms with E-state index in [9.17, 15) is 9.59 Å². The molecule has 2 aromatic carbocycles. The summed E-state index contributed by atoms with van der Waals surface area (Å²) in [6, 6.07) is 10.2. The van der Waals surface area contributed by atoms with Gasteiger partial charge in [-0.3, -0.25) is 14.4 Å². The standard InChI is InChI=1S/C19H20N4O5/c1-26-13-7-12(8-14(9-13)27-2)21-17(24)10-23-11-20-16-6-4-5-15(18(16)23)19(25)22-28-3/h4-9,11H,10H2,1-3H3,(H,21,24)(H,22,25). The van der Waals surface area contributed by atoms with Crippen molar-refractivity contribution in [1.29, 1.82) is 0 Å². The Morgan fingerprint density at radius 3 is 2.43 bits per heavy atom. The van der Waals surface area contributed by atoms with Gasteiger partial charge in [0.1, 0.15) is 18.0 Å². The fourth-order valence-corrected chi connectivity index (χ4v) is 2.81. The maximum atomic E-state index is 12.6. The van der Waals surface area contributed by atoms with E-state index >= 15 is 0 Å². The lowest BCUT2D eigenvalue weighted by atomic mass is 10.1. The lowest BCUT2D eigenvalue weighted by Gasteiger charge is -2.11. The number of benzene rings is 2. The molecule has 0 aliphatic heterocycles. The molecule has 9 heteroatoms.